The summed E-state index contributed by atoms with van der Waals surface area (Å²) in [5.41, 5.74) is 0. The van der Waals surface area contributed by atoms with Gasteiger partial charge in [0, 0.05) is 26.7 Å². The van der Waals surface area contributed by atoms with Gasteiger partial charge in [0.2, 0.25) is 0 Å². The van der Waals surface area contributed by atoms with Gasteiger partial charge in [0.25, 0.3) is 0 Å². The number of nitrogens with zero attached hydrogens (tertiary/aromatic N) is 2. The van der Waals surface area contributed by atoms with Crippen LogP contribution in [0.15, 0.2) is 0 Å². The average Bonchev–Trinajstić information content (AvgIpc) is 2.67. The van der Waals surface area contributed by atoms with Gasteiger partial charge in [-0.25, -0.2) is 4.79 Å². The Morgan fingerprint density at radius 1 is 1.62 bits per heavy atom. The fraction of sp³-hybridized carbons (Fsp3) is 0.889. The number of methoxy groups -OCH3 is 1. The minimum absolute atomic E-state index is 0.208. The third-order valence-electron chi connectivity index (χ3n) is 2.89. The van der Waals surface area contributed by atoms with Crippen molar-refractivity contribution in [1.82, 2.24) is 9.80 Å². The number of ether oxygens (including phenoxy) is 1. The lowest BCUT2D eigenvalue weighted by Crippen LogP contribution is -2.33. The van der Waals surface area contributed by atoms with E-state index in [0.29, 0.717) is 12.6 Å². The second-order valence-corrected chi connectivity index (χ2v) is 3.71. The SMILES string of the molecule is COCCN1C[C@@H]2CCCN2C1=O. The van der Waals surface area contributed by atoms with Crippen LogP contribution in [-0.4, -0.2) is 55.2 Å². The van der Waals surface area contributed by atoms with Gasteiger partial charge in [-0.1, -0.05) is 0 Å². The van der Waals surface area contributed by atoms with Crippen LogP contribution in [0.1, 0.15) is 12.8 Å². The molecule has 0 N–H and O–H groups in total. The predicted octanol–water partition coefficient (Wildman–Crippen LogP) is 0.533. The molecule has 0 aromatic rings. The van der Waals surface area contributed by atoms with E-state index in [2.05, 4.69) is 0 Å². The number of amides is 2. The van der Waals surface area contributed by atoms with Crippen molar-refractivity contribution in [1.29, 1.82) is 0 Å². The van der Waals surface area contributed by atoms with Crippen LogP contribution in [0.25, 0.3) is 0 Å². The van der Waals surface area contributed by atoms with E-state index in [1.54, 1.807) is 7.11 Å². The van der Waals surface area contributed by atoms with Crippen molar-refractivity contribution in [3.05, 3.63) is 0 Å². The van der Waals surface area contributed by atoms with Crippen LogP contribution in [0.3, 0.4) is 0 Å². The minimum Gasteiger partial charge on any atom is -0.383 e. The highest BCUT2D eigenvalue weighted by Gasteiger charge is 2.39. The number of rotatable bonds is 3. The molecule has 0 bridgehead atoms. The molecular weight excluding hydrogens is 168 g/mol. The summed E-state index contributed by atoms with van der Waals surface area (Å²) >= 11 is 0. The molecule has 4 heteroatoms. The molecule has 74 valence electrons. The molecule has 0 aromatic carbocycles. The number of hydrogen-bond acceptors (Lipinski definition) is 2. The first-order valence-electron chi connectivity index (χ1n) is 4.87. The predicted molar refractivity (Wildman–Crippen MR) is 48.6 cm³/mol. The lowest BCUT2D eigenvalue weighted by atomic mass is 10.2. The molecule has 2 amide bonds. The van der Waals surface area contributed by atoms with Crippen LogP contribution >= 0.6 is 0 Å². The molecule has 1 atom stereocenters. The maximum Gasteiger partial charge on any atom is 0.320 e. The standard InChI is InChI=1S/C9H16N2O2/c1-13-6-5-10-7-8-3-2-4-11(8)9(10)12/h8H,2-7H2,1H3/t8-/m0/s1. The first-order chi connectivity index (χ1) is 6.33. The van der Waals surface area contributed by atoms with E-state index in [-0.39, 0.29) is 6.03 Å². The molecule has 2 saturated heterocycles. The largest absolute Gasteiger partial charge is 0.383 e. The van der Waals surface area contributed by atoms with E-state index < -0.39 is 0 Å². The summed E-state index contributed by atoms with van der Waals surface area (Å²) in [5, 5.41) is 0. The normalized spacial score (nSPS) is 27.2. The monoisotopic (exact) mass is 184 g/mol. The molecule has 2 heterocycles. The number of hydrogen-bond donors (Lipinski definition) is 0. The maximum atomic E-state index is 11.7. The van der Waals surface area contributed by atoms with Crippen molar-refractivity contribution in [2.24, 2.45) is 0 Å². The van der Waals surface area contributed by atoms with Crippen LogP contribution in [0, 0.1) is 0 Å². The maximum absolute atomic E-state index is 11.7. The van der Waals surface area contributed by atoms with Crippen molar-refractivity contribution in [3.63, 3.8) is 0 Å². The van der Waals surface area contributed by atoms with E-state index in [4.69, 9.17) is 4.74 Å². The van der Waals surface area contributed by atoms with Crippen molar-refractivity contribution in [3.8, 4) is 0 Å². The Balaban J connectivity index is 1.91. The van der Waals surface area contributed by atoms with Gasteiger partial charge in [0.15, 0.2) is 0 Å². The number of carbonyl (C=O) groups excluding carboxylic acids is 1. The van der Waals surface area contributed by atoms with Gasteiger partial charge >= 0.3 is 6.03 Å². The molecular formula is C9H16N2O2. The summed E-state index contributed by atoms with van der Waals surface area (Å²) in [6.07, 6.45) is 2.35. The highest BCUT2D eigenvalue weighted by molar-refractivity contribution is 5.77. The summed E-state index contributed by atoms with van der Waals surface area (Å²) in [5.74, 6) is 0. The molecule has 0 spiro atoms. The van der Waals surface area contributed by atoms with E-state index in [9.17, 15) is 4.79 Å². The average molecular weight is 184 g/mol. The highest BCUT2D eigenvalue weighted by atomic mass is 16.5. The summed E-state index contributed by atoms with van der Waals surface area (Å²) in [6, 6.07) is 0.698. The second-order valence-electron chi connectivity index (χ2n) is 3.71. The topological polar surface area (TPSA) is 32.8 Å². The summed E-state index contributed by atoms with van der Waals surface area (Å²) in [7, 11) is 1.67. The molecule has 0 aromatic heterocycles. The quantitative estimate of drug-likeness (QED) is 0.641. The Kier molecular flexibility index (Phi) is 2.40. The van der Waals surface area contributed by atoms with Crippen LogP contribution < -0.4 is 0 Å². The van der Waals surface area contributed by atoms with E-state index >= 15 is 0 Å². The van der Waals surface area contributed by atoms with Crippen molar-refractivity contribution in [2.45, 2.75) is 18.9 Å². The summed E-state index contributed by atoms with van der Waals surface area (Å²) in [4.78, 5) is 15.6. The van der Waals surface area contributed by atoms with E-state index in [1.807, 2.05) is 9.80 Å². The summed E-state index contributed by atoms with van der Waals surface area (Å²) < 4.78 is 4.96. The molecule has 2 rings (SSSR count). The van der Waals surface area contributed by atoms with Gasteiger partial charge in [-0.3, -0.25) is 0 Å². The van der Waals surface area contributed by atoms with Gasteiger partial charge < -0.3 is 14.5 Å². The second kappa shape index (κ2) is 3.54. The molecule has 0 unspecified atom stereocenters. The molecule has 4 nitrogen and oxygen atoms in total. The zero-order valence-electron chi connectivity index (χ0n) is 8.03. The zero-order chi connectivity index (χ0) is 9.26. The first kappa shape index (κ1) is 8.81. The lowest BCUT2D eigenvalue weighted by molar-refractivity contribution is 0.155. The molecule has 2 aliphatic rings. The van der Waals surface area contributed by atoms with Crippen molar-refractivity contribution >= 4 is 6.03 Å². The number of carbonyl (C=O) groups is 1. The van der Waals surface area contributed by atoms with Gasteiger partial charge in [-0.2, -0.15) is 0 Å². The Morgan fingerprint density at radius 2 is 2.46 bits per heavy atom. The smallest absolute Gasteiger partial charge is 0.320 e. The third kappa shape index (κ3) is 1.50. The van der Waals surface area contributed by atoms with Crippen LogP contribution in [0.4, 0.5) is 4.79 Å². The molecule has 2 fully saturated rings. The van der Waals surface area contributed by atoms with Gasteiger partial charge in [0.1, 0.15) is 0 Å². The Labute approximate surface area is 78.4 Å². The van der Waals surface area contributed by atoms with Crippen LogP contribution in [0.5, 0.6) is 0 Å². The summed E-state index contributed by atoms with van der Waals surface area (Å²) in [6.45, 7) is 3.24. The Hall–Kier alpha value is -0.770. The zero-order valence-corrected chi connectivity index (χ0v) is 8.03. The Morgan fingerprint density at radius 3 is 3.15 bits per heavy atom. The van der Waals surface area contributed by atoms with Crippen molar-refractivity contribution < 1.29 is 9.53 Å². The van der Waals surface area contributed by atoms with Gasteiger partial charge in [-0.15, -0.1) is 0 Å². The van der Waals surface area contributed by atoms with Gasteiger partial charge in [0.05, 0.1) is 12.6 Å². The van der Waals surface area contributed by atoms with E-state index in [1.165, 1.54) is 12.8 Å². The molecule has 0 radical (unpaired) electrons. The number of fused-ring (bicyclic) bond motifs is 1. The Bertz CT molecular complexity index is 208. The molecule has 13 heavy (non-hydrogen) atoms. The third-order valence-corrected chi connectivity index (χ3v) is 2.89. The minimum atomic E-state index is 0.208. The fourth-order valence-electron chi connectivity index (χ4n) is 2.18. The number of urea groups is 1. The lowest BCUT2D eigenvalue weighted by Gasteiger charge is -2.16. The first-order valence-corrected chi connectivity index (χ1v) is 4.87. The van der Waals surface area contributed by atoms with Crippen LogP contribution in [0.2, 0.25) is 0 Å². The molecule has 2 aliphatic heterocycles. The molecule has 0 aliphatic carbocycles. The van der Waals surface area contributed by atoms with E-state index in [0.717, 1.165) is 19.6 Å². The molecule has 0 saturated carbocycles. The fourth-order valence-corrected chi connectivity index (χ4v) is 2.18. The highest BCUT2D eigenvalue weighted by Crippen LogP contribution is 2.25. The van der Waals surface area contributed by atoms with Crippen molar-refractivity contribution in [2.75, 3.05) is 33.4 Å². The van der Waals surface area contributed by atoms with Crippen LogP contribution in [-0.2, 0) is 4.74 Å². The van der Waals surface area contributed by atoms with Gasteiger partial charge in [-0.05, 0) is 12.8 Å².